The number of hydrogen-bond acceptors (Lipinski definition) is 4. The Balaban J connectivity index is 2.47. The van der Waals surface area contributed by atoms with Crippen molar-refractivity contribution >= 4 is 17.6 Å². The van der Waals surface area contributed by atoms with E-state index in [0.717, 1.165) is 19.4 Å². The fourth-order valence-corrected chi connectivity index (χ4v) is 2.09. The van der Waals surface area contributed by atoms with Gasteiger partial charge in [0.2, 0.25) is 0 Å². The topological polar surface area (TPSA) is 88.3 Å². The summed E-state index contributed by atoms with van der Waals surface area (Å²) >= 11 is 0. The molecule has 0 atom stereocenters. The molecule has 0 unspecified atom stereocenters. The summed E-state index contributed by atoms with van der Waals surface area (Å²) in [7, 11) is 1.03. The van der Waals surface area contributed by atoms with Crippen molar-refractivity contribution in [1.82, 2.24) is 4.98 Å². The molecule has 12 heteroatoms. The Bertz CT molecular complexity index is 946. The summed E-state index contributed by atoms with van der Waals surface area (Å²) in [6.07, 6.45) is -9.33. The minimum absolute atomic E-state index is 0.137. The highest BCUT2D eigenvalue weighted by Crippen LogP contribution is 2.36. The van der Waals surface area contributed by atoms with Gasteiger partial charge in [0.1, 0.15) is 5.69 Å². The standard InChI is InChI=1S/C16H10F6N2O4/c1-28-14(27)8-4-11(13(26)23-6-8)24-12(25)7-2-9(15(17,18)19)5-10(3-7)16(20,21)22/h2-6H,1H3,(H,23,26)(H,24,25). The van der Waals surface area contributed by atoms with E-state index in [2.05, 4.69) is 9.72 Å². The lowest BCUT2D eigenvalue weighted by atomic mass is 10.0. The first-order valence-electron chi connectivity index (χ1n) is 7.25. The molecule has 2 N–H and O–H groups in total. The lowest BCUT2D eigenvalue weighted by Crippen LogP contribution is -2.22. The number of carbonyl (C=O) groups excluding carboxylic acids is 2. The highest BCUT2D eigenvalue weighted by Gasteiger charge is 2.37. The summed E-state index contributed by atoms with van der Waals surface area (Å²) in [5, 5.41) is 1.88. The molecule has 1 aromatic carbocycles. The van der Waals surface area contributed by atoms with Crippen molar-refractivity contribution < 1.29 is 40.7 Å². The summed E-state index contributed by atoms with van der Waals surface area (Å²) in [6, 6.07) is 1.15. The van der Waals surface area contributed by atoms with E-state index in [4.69, 9.17) is 0 Å². The first-order chi connectivity index (χ1) is 12.8. The van der Waals surface area contributed by atoms with Crippen LogP contribution in [0, 0.1) is 0 Å². The molecule has 1 amide bonds. The van der Waals surface area contributed by atoms with Crippen molar-refractivity contribution in [2.45, 2.75) is 12.4 Å². The lowest BCUT2D eigenvalue weighted by Gasteiger charge is -2.14. The Morgan fingerprint density at radius 1 is 0.929 bits per heavy atom. The molecule has 0 aliphatic heterocycles. The minimum Gasteiger partial charge on any atom is -0.465 e. The molecule has 0 spiro atoms. The first kappa shape index (κ1) is 21.0. The molecule has 0 aliphatic rings. The smallest absolute Gasteiger partial charge is 0.416 e. The van der Waals surface area contributed by atoms with Gasteiger partial charge in [0.15, 0.2) is 0 Å². The van der Waals surface area contributed by atoms with Crippen LogP contribution in [0.4, 0.5) is 32.0 Å². The molecular weight excluding hydrogens is 398 g/mol. The lowest BCUT2D eigenvalue weighted by molar-refractivity contribution is -0.143. The molecule has 2 rings (SSSR count). The third kappa shape index (κ3) is 4.69. The maximum atomic E-state index is 12.9. The molecule has 0 aliphatic carbocycles. The number of H-pyrrole nitrogens is 1. The van der Waals surface area contributed by atoms with Gasteiger partial charge in [-0.05, 0) is 24.3 Å². The molecule has 150 valence electrons. The van der Waals surface area contributed by atoms with Crippen LogP contribution in [-0.4, -0.2) is 24.0 Å². The number of pyridine rings is 1. The van der Waals surface area contributed by atoms with Crippen LogP contribution in [0.1, 0.15) is 31.8 Å². The zero-order valence-electron chi connectivity index (χ0n) is 13.8. The number of ether oxygens (including phenoxy) is 1. The number of carbonyl (C=O) groups is 2. The normalized spacial score (nSPS) is 11.8. The Morgan fingerprint density at radius 3 is 1.93 bits per heavy atom. The van der Waals surface area contributed by atoms with Gasteiger partial charge in [-0.15, -0.1) is 0 Å². The number of methoxy groups -OCH3 is 1. The van der Waals surface area contributed by atoms with Crippen molar-refractivity contribution in [3.05, 3.63) is 63.1 Å². The van der Waals surface area contributed by atoms with Gasteiger partial charge in [0.25, 0.3) is 11.5 Å². The van der Waals surface area contributed by atoms with E-state index in [1.807, 2.05) is 5.32 Å². The van der Waals surface area contributed by atoms with Gasteiger partial charge in [-0.2, -0.15) is 26.3 Å². The molecule has 0 bridgehead atoms. The van der Waals surface area contributed by atoms with Crippen LogP contribution >= 0.6 is 0 Å². The summed E-state index contributed by atoms with van der Waals surface area (Å²) in [4.78, 5) is 37.4. The van der Waals surface area contributed by atoms with Crippen LogP contribution in [0.25, 0.3) is 0 Å². The van der Waals surface area contributed by atoms with Crippen molar-refractivity contribution in [3.63, 3.8) is 0 Å². The number of nitrogens with one attached hydrogen (secondary N) is 2. The molecule has 1 heterocycles. The molecule has 0 radical (unpaired) electrons. The third-order valence-electron chi connectivity index (χ3n) is 3.42. The number of amides is 1. The predicted molar refractivity (Wildman–Crippen MR) is 82.8 cm³/mol. The Morgan fingerprint density at radius 2 is 1.46 bits per heavy atom. The minimum atomic E-state index is -5.14. The number of anilines is 1. The zero-order chi connectivity index (χ0) is 21.3. The molecule has 6 nitrogen and oxygen atoms in total. The highest BCUT2D eigenvalue weighted by molar-refractivity contribution is 6.05. The SMILES string of the molecule is COC(=O)c1c[nH]c(=O)c(NC(=O)c2cc(C(F)(F)F)cc(C(F)(F)F)c2)c1. The van der Waals surface area contributed by atoms with Gasteiger partial charge in [-0.3, -0.25) is 9.59 Å². The number of esters is 1. The number of aromatic nitrogens is 1. The van der Waals surface area contributed by atoms with E-state index < -0.39 is 52.2 Å². The summed E-state index contributed by atoms with van der Waals surface area (Å²) < 4.78 is 81.6. The molecule has 28 heavy (non-hydrogen) atoms. The number of hydrogen-bond donors (Lipinski definition) is 2. The highest BCUT2D eigenvalue weighted by atomic mass is 19.4. The zero-order valence-corrected chi connectivity index (χ0v) is 13.8. The largest absolute Gasteiger partial charge is 0.465 e. The molecule has 0 saturated heterocycles. The number of rotatable bonds is 3. The molecule has 1 aromatic heterocycles. The van der Waals surface area contributed by atoms with Crippen LogP contribution < -0.4 is 10.9 Å². The van der Waals surface area contributed by atoms with Crippen LogP contribution in [0.5, 0.6) is 0 Å². The van der Waals surface area contributed by atoms with E-state index in [1.54, 1.807) is 0 Å². The fraction of sp³-hybridized carbons (Fsp3) is 0.188. The third-order valence-corrected chi connectivity index (χ3v) is 3.42. The van der Waals surface area contributed by atoms with Gasteiger partial charge < -0.3 is 15.0 Å². The van der Waals surface area contributed by atoms with Crippen LogP contribution in [0.3, 0.4) is 0 Å². The fourth-order valence-electron chi connectivity index (χ4n) is 2.09. The number of alkyl halides is 6. The van der Waals surface area contributed by atoms with Crippen molar-refractivity contribution in [1.29, 1.82) is 0 Å². The van der Waals surface area contributed by atoms with Gasteiger partial charge in [-0.25, -0.2) is 4.79 Å². The van der Waals surface area contributed by atoms with Crippen molar-refractivity contribution in [2.75, 3.05) is 12.4 Å². The Kier molecular flexibility index (Phi) is 5.52. The quantitative estimate of drug-likeness (QED) is 0.602. The van der Waals surface area contributed by atoms with E-state index in [-0.39, 0.29) is 23.8 Å². The second-order valence-corrected chi connectivity index (χ2v) is 5.37. The first-order valence-corrected chi connectivity index (χ1v) is 7.25. The maximum absolute atomic E-state index is 12.9. The monoisotopic (exact) mass is 408 g/mol. The van der Waals surface area contributed by atoms with Gasteiger partial charge in [0, 0.05) is 11.8 Å². The van der Waals surface area contributed by atoms with Gasteiger partial charge in [-0.1, -0.05) is 0 Å². The van der Waals surface area contributed by atoms with Crippen LogP contribution in [0.2, 0.25) is 0 Å². The molecule has 0 fully saturated rings. The van der Waals surface area contributed by atoms with Gasteiger partial charge in [0.05, 0.1) is 23.8 Å². The van der Waals surface area contributed by atoms with Crippen LogP contribution in [0.15, 0.2) is 35.3 Å². The summed E-state index contributed by atoms with van der Waals surface area (Å²) in [5.74, 6) is -2.31. The predicted octanol–water partition coefficient (Wildman–Crippen LogP) is 3.45. The summed E-state index contributed by atoms with van der Waals surface area (Å²) in [6.45, 7) is 0. The van der Waals surface area contributed by atoms with E-state index in [9.17, 15) is 40.7 Å². The summed E-state index contributed by atoms with van der Waals surface area (Å²) in [5.41, 5.74) is -6.08. The van der Waals surface area contributed by atoms with E-state index in [1.165, 1.54) is 0 Å². The second kappa shape index (κ2) is 7.37. The average molecular weight is 408 g/mol. The number of halogens is 6. The molecule has 0 saturated carbocycles. The molecular formula is C16H10F6N2O4. The van der Waals surface area contributed by atoms with Crippen molar-refractivity contribution in [2.24, 2.45) is 0 Å². The number of aromatic amines is 1. The van der Waals surface area contributed by atoms with E-state index in [0.29, 0.717) is 0 Å². The van der Waals surface area contributed by atoms with Crippen molar-refractivity contribution in [3.8, 4) is 0 Å². The molecule has 2 aromatic rings. The Labute approximate surface area is 152 Å². The van der Waals surface area contributed by atoms with Gasteiger partial charge >= 0.3 is 18.3 Å². The van der Waals surface area contributed by atoms with Crippen LogP contribution in [-0.2, 0) is 17.1 Å². The number of benzene rings is 1. The Hall–Kier alpha value is -3.31. The van der Waals surface area contributed by atoms with E-state index >= 15 is 0 Å². The average Bonchev–Trinajstić information content (AvgIpc) is 2.61. The second-order valence-electron chi connectivity index (χ2n) is 5.37. The maximum Gasteiger partial charge on any atom is 0.416 e.